The van der Waals surface area contributed by atoms with Crippen molar-refractivity contribution in [3.8, 4) is 0 Å². The SMILES string of the molecule is CC(=O)N(C)C.CC(=O)N(C)C=O. The van der Waals surface area contributed by atoms with Crippen molar-refractivity contribution in [1.82, 2.24) is 9.80 Å². The molecule has 0 bridgehead atoms. The molecule has 0 saturated heterocycles. The Bertz CT molecular complexity index is 190. The Morgan fingerprint density at radius 3 is 1.31 bits per heavy atom. The second-order valence-electron chi connectivity index (χ2n) is 2.65. The minimum Gasteiger partial charge on any atom is -0.349 e. The topological polar surface area (TPSA) is 57.7 Å². The van der Waals surface area contributed by atoms with Crippen molar-refractivity contribution >= 4 is 18.2 Å². The molecule has 0 aromatic heterocycles. The van der Waals surface area contributed by atoms with E-state index in [2.05, 4.69) is 0 Å². The van der Waals surface area contributed by atoms with E-state index in [-0.39, 0.29) is 11.8 Å². The van der Waals surface area contributed by atoms with Gasteiger partial charge in [-0.25, -0.2) is 0 Å². The average molecular weight is 188 g/mol. The summed E-state index contributed by atoms with van der Waals surface area (Å²) in [7, 11) is 4.86. The number of nitrogens with zero attached hydrogens (tertiary/aromatic N) is 2. The van der Waals surface area contributed by atoms with E-state index in [4.69, 9.17) is 0 Å². The fraction of sp³-hybridized carbons (Fsp3) is 0.625. The highest BCUT2D eigenvalue weighted by Crippen LogP contribution is 1.71. The molecule has 76 valence electrons. The third kappa shape index (κ3) is 10.6. The van der Waals surface area contributed by atoms with Gasteiger partial charge in [0.05, 0.1) is 0 Å². The van der Waals surface area contributed by atoms with E-state index in [1.165, 1.54) is 25.8 Å². The van der Waals surface area contributed by atoms with Crippen molar-refractivity contribution in [2.45, 2.75) is 13.8 Å². The van der Waals surface area contributed by atoms with E-state index >= 15 is 0 Å². The molecule has 5 nitrogen and oxygen atoms in total. The molecule has 13 heavy (non-hydrogen) atoms. The van der Waals surface area contributed by atoms with Crippen LogP contribution in [-0.2, 0) is 14.4 Å². The van der Waals surface area contributed by atoms with Crippen molar-refractivity contribution in [2.24, 2.45) is 0 Å². The van der Waals surface area contributed by atoms with Crippen LogP contribution in [0.15, 0.2) is 0 Å². The summed E-state index contributed by atoms with van der Waals surface area (Å²) in [6.45, 7) is 2.86. The Balaban J connectivity index is 0. The summed E-state index contributed by atoms with van der Waals surface area (Å²) < 4.78 is 0. The van der Waals surface area contributed by atoms with Gasteiger partial charge < -0.3 is 4.90 Å². The molecule has 0 aromatic rings. The minimum atomic E-state index is -0.241. The van der Waals surface area contributed by atoms with Crippen molar-refractivity contribution < 1.29 is 14.4 Å². The molecule has 0 unspecified atom stereocenters. The zero-order valence-electron chi connectivity index (χ0n) is 8.70. The molecule has 3 amide bonds. The third-order valence-corrected chi connectivity index (χ3v) is 1.28. The highest BCUT2D eigenvalue weighted by atomic mass is 16.2. The van der Waals surface area contributed by atoms with E-state index in [1.54, 1.807) is 14.1 Å². The second-order valence-corrected chi connectivity index (χ2v) is 2.65. The Hall–Kier alpha value is -1.39. The minimum absolute atomic E-state index is 0.0926. The van der Waals surface area contributed by atoms with E-state index in [9.17, 15) is 14.4 Å². The molecule has 0 aliphatic rings. The number of hydrogen-bond donors (Lipinski definition) is 0. The summed E-state index contributed by atoms with van der Waals surface area (Å²) >= 11 is 0. The highest BCUT2D eigenvalue weighted by Gasteiger charge is 1.94. The van der Waals surface area contributed by atoms with Crippen LogP contribution >= 0.6 is 0 Å². The molecule has 0 rings (SSSR count). The highest BCUT2D eigenvalue weighted by molar-refractivity contribution is 5.83. The lowest BCUT2D eigenvalue weighted by molar-refractivity contribution is -0.134. The van der Waals surface area contributed by atoms with Crippen LogP contribution in [0, 0.1) is 0 Å². The van der Waals surface area contributed by atoms with Gasteiger partial charge in [-0.15, -0.1) is 0 Å². The molecule has 0 fully saturated rings. The first-order valence-electron chi connectivity index (χ1n) is 3.69. The first kappa shape index (κ1) is 14.2. The first-order chi connectivity index (χ1) is 5.82. The Kier molecular flexibility index (Phi) is 7.91. The molecule has 0 aliphatic heterocycles. The molecule has 0 radical (unpaired) electrons. The molecule has 0 atom stereocenters. The van der Waals surface area contributed by atoms with Crippen LogP contribution in [-0.4, -0.2) is 49.2 Å². The number of rotatable bonds is 1. The van der Waals surface area contributed by atoms with Crippen molar-refractivity contribution in [2.75, 3.05) is 21.1 Å². The normalized spacial score (nSPS) is 7.77. The molecule has 5 heteroatoms. The van der Waals surface area contributed by atoms with Crippen LogP contribution in [0.3, 0.4) is 0 Å². The van der Waals surface area contributed by atoms with E-state index in [1.807, 2.05) is 0 Å². The largest absolute Gasteiger partial charge is 0.349 e. The summed E-state index contributed by atoms with van der Waals surface area (Å²) in [6.07, 6.45) is 0.475. The predicted octanol–water partition coefficient (Wildman–Crippen LogP) is -0.284. The van der Waals surface area contributed by atoms with Crippen LogP contribution in [0.1, 0.15) is 13.8 Å². The van der Waals surface area contributed by atoms with E-state index < -0.39 is 0 Å². The van der Waals surface area contributed by atoms with Crippen molar-refractivity contribution in [1.29, 1.82) is 0 Å². The monoisotopic (exact) mass is 188 g/mol. The molecule has 0 saturated carbocycles. The maximum atomic E-state index is 10.1. The fourth-order valence-electron chi connectivity index (χ4n) is 0.0742. The van der Waals surface area contributed by atoms with E-state index in [0.717, 1.165) is 4.90 Å². The number of amides is 3. The average Bonchev–Trinajstić information content (AvgIpc) is 2.03. The van der Waals surface area contributed by atoms with Gasteiger partial charge in [0.25, 0.3) is 0 Å². The van der Waals surface area contributed by atoms with Crippen molar-refractivity contribution in [3.63, 3.8) is 0 Å². The summed E-state index contributed by atoms with van der Waals surface area (Å²) in [6, 6.07) is 0. The van der Waals surface area contributed by atoms with Gasteiger partial charge in [0.1, 0.15) is 0 Å². The summed E-state index contributed by atoms with van der Waals surface area (Å²) in [5.74, 6) is -0.148. The number of hydrogen-bond acceptors (Lipinski definition) is 3. The van der Waals surface area contributed by atoms with Crippen LogP contribution in [0.5, 0.6) is 0 Å². The van der Waals surface area contributed by atoms with E-state index in [0.29, 0.717) is 6.41 Å². The summed E-state index contributed by atoms with van der Waals surface area (Å²) in [5, 5.41) is 0. The van der Waals surface area contributed by atoms with Gasteiger partial charge in [-0.3, -0.25) is 19.3 Å². The number of carbonyl (C=O) groups is 3. The third-order valence-electron chi connectivity index (χ3n) is 1.28. The molecule has 0 heterocycles. The molecular weight excluding hydrogens is 172 g/mol. The number of carbonyl (C=O) groups excluding carboxylic acids is 3. The zero-order chi connectivity index (χ0) is 11.0. The Morgan fingerprint density at radius 1 is 1.00 bits per heavy atom. The van der Waals surface area contributed by atoms with Gasteiger partial charge in [-0.2, -0.15) is 0 Å². The zero-order valence-corrected chi connectivity index (χ0v) is 8.70. The maximum Gasteiger partial charge on any atom is 0.225 e. The van der Waals surface area contributed by atoms with Crippen molar-refractivity contribution in [3.05, 3.63) is 0 Å². The fourth-order valence-corrected chi connectivity index (χ4v) is 0.0742. The molecule has 0 aliphatic carbocycles. The van der Waals surface area contributed by atoms with Gasteiger partial charge in [0.15, 0.2) is 0 Å². The van der Waals surface area contributed by atoms with Crippen LogP contribution in [0.4, 0.5) is 0 Å². The lowest BCUT2D eigenvalue weighted by Crippen LogP contribution is -2.21. The molecule has 0 N–H and O–H groups in total. The van der Waals surface area contributed by atoms with Gasteiger partial charge >= 0.3 is 0 Å². The number of imide groups is 1. The summed E-state index contributed by atoms with van der Waals surface area (Å²) in [4.78, 5) is 32.3. The van der Waals surface area contributed by atoms with Crippen LogP contribution in [0.2, 0.25) is 0 Å². The van der Waals surface area contributed by atoms with Gasteiger partial charge in [-0.05, 0) is 0 Å². The molecular formula is C8H16N2O3. The smallest absolute Gasteiger partial charge is 0.225 e. The lowest BCUT2D eigenvalue weighted by atomic mass is 10.6. The molecule has 0 spiro atoms. The first-order valence-corrected chi connectivity index (χ1v) is 3.69. The van der Waals surface area contributed by atoms with Crippen LogP contribution in [0.25, 0.3) is 0 Å². The Labute approximate surface area is 78.3 Å². The van der Waals surface area contributed by atoms with Gasteiger partial charge in [0, 0.05) is 35.0 Å². The summed E-state index contributed by atoms with van der Waals surface area (Å²) in [5.41, 5.74) is 0. The van der Waals surface area contributed by atoms with Gasteiger partial charge in [-0.1, -0.05) is 0 Å². The molecule has 0 aromatic carbocycles. The predicted molar refractivity (Wildman–Crippen MR) is 48.9 cm³/mol. The van der Waals surface area contributed by atoms with Gasteiger partial charge in [0.2, 0.25) is 18.2 Å². The quantitative estimate of drug-likeness (QED) is 0.531. The second kappa shape index (κ2) is 7.27. The standard InChI is InChI=1S/C4H7NO2.C4H9NO/c1-4(7)5(2)3-6;1-4(6)5(2)3/h3H,1-2H3;1-3H3. The van der Waals surface area contributed by atoms with Crippen LogP contribution < -0.4 is 0 Å². The lowest BCUT2D eigenvalue weighted by Gasteiger charge is -2.02. The Morgan fingerprint density at radius 2 is 1.31 bits per heavy atom. The maximum absolute atomic E-state index is 10.1.